The van der Waals surface area contributed by atoms with E-state index in [1.54, 1.807) is 0 Å². The van der Waals surface area contributed by atoms with Crippen LogP contribution in [0.2, 0.25) is 0 Å². The summed E-state index contributed by atoms with van der Waals surface area (Å²) in [5.74, 6) is 0.924. The van der Waals surface area contributed by atoms with Gasteiger partial charge in [0.15, 0.2) is 0 Å². The van der Waals surface area contributed by atoms with Crippen molar-refractivity contribution >= 4 is 30.3 Å². The number of benzene rings is 1. The summed E-state index contributed by atoms with van der Waals surface area (Å²) in [6.45, 7) is 3.29. The first kappa shape index (κ1) is 10.7. The molecule has 0 saturated carbocycles. The second-order valence-corrected chi connectivity index (χ2v) is 3.23. The van der Waals surface area contributed by atoms with Gasteiger partial charge in [0.2, 0.25) is 5.96 Å². The lowest BCUT2D eigenvalue weighted by atomic mass is 10.2. The molecule has 0 unspecified atom stereocenters. The number of hydrogen-bond donors (Lipinski definition) is 2. The van der Waals surface area contributed by atoms with Crippen LogP contribution in [0.1, 0.15) is 5.56 Å². The highest BCUT2D eigenvalue weighted by atomic mass is 32.2. The Kier molecular flexibility index (Phi) is 4.15. The maximum atomic E-state index is 5.42. The van der Waals surface area contributed by atoms with Crippen LogP contribution in [0.4, 0.5) is 5.69 Å². The summed E-state index contributed by atoms with van der Waals surface area (Å²) in [7, 11) is 0. The average molecular weight is 208 g/mol. The van der Waals surface area contributed by atoms with Crippen molar-refractivity contribution in [1.82, 2.24) is 0 Å². The van der Waals surface area contributed by atoms with Gasteiger partial charge >= 0.3 is 0 Å². The maximum absolute atomic E-state index is 5.42. The largest absolute Gasteiger partial charge is 0.368 e. The highest BCUT2D eigenvalue weighted by molar-refractivity contribution is 7.96. The van der Waals surface area contributed by atoms with Gasteiger partial charge in [-0.15, -0.1) is 0 Å². The third kappa shape index (κ3) is 3.20. The van der Waals surface area contributed by atoms with Gasteiger partial charge < -0.3 is 5.73 Å². The Hall–Kier alpha value is -1.33. The van der Waals surface area contributed by atoms with E-state index in [4.69, 9.17) is 10.9 Å². The summed E-state index contributed by atoms with van der Waals surface area (Å²) in [6.07, 6.45) is 0. The van der Waals surface area contributed by atoms with Crippen molar-refractivity contribution in [3.05, 3.63) is 29.8 Å². The third-order valence-corrected chi connectivity index (χ3v) is 2.07. The number of nitrogens with zero attached hydrogens (tertiary/aromatic N) is 2. The van der Waals surface area contributed by atoms with E-state index in [9.17, 15) is 0 Å². The van der Waals surface area contributed by atoms with Gasteiger partial charge in [-0.2, -0.15) is 0 Å². The zero-order chi connectivity index (χ0) is 10.4. The first-order valence-electron chi connectivity index (χ1n) is 3.98. The first-order chi connectivity index (χ1) is 6.76. The van der Waals surface area contributed by atoms with Crippen molar-refractivity contribution in [3.8, 4) is 0 Å². The van der Waals surface area contributed by atoms with Crippen LogP contribution in [0.25, 0.3) is 0 Å². The molecule has 0 saturated heterocycles. The average Bonchev–Trinajstić information content (AvgIpc) is 2.19. The Bertz CT molecular complexity index is 348. The number of nitrogens with two attached hydrogens (primary N) is 2. The molecule has 14 heavy (non-hydrogen) atoms. The fraction of sp³-hybridized carbons (Fsp3) is 0.111. The molecule has 0 aliphatic rings. The molecule has 0 fully saturated rings. The lowest BCUT2D eigenvalue weighted by Crippen LogP contribution is -2.05. The summed E-state index contributed by atoms with van der Waals surface area (Å²) >= 11 is 1.27. The Morgan fingerprint density at radius 2 is 2.29 bits per heavy atom. The van der Waals surface area contributed by atoms with E-state index in [2.05, 4.69) is 16.7 Å². The summed E-state index contributed by atoms with van der Waals surface area (Å²) < 4.78 is 0. The lowest BCUT2D eigenvalue weighted by molar-refractivity contribution is 1.36. The van der Waals surface area contributed by atoms with Gasteiger partial charge in [0.05, 0.1) is 5.69 Å². The normalized spacial score (nSPS) is 11.4. The zero-order valence-corrected chi connectivity index (χ0v) is 8.50. The molecule has 0 amide bonds. The Morgan fingerprint density at radius 1 is 1.50 bits per heavy atom. The molecule has 0 radical (unpaired) electrons. The van der Waals surface area contributed by atoms with Gasteiger partial charge in [-0.1, -0.05) is 24.1 Å². The van der Waals surface area contributed by atoms with E-state index in [0.717, 1.165) is 17.0 Å². The molecule has 0 aliphatic heterocycles. The van der Waals surface area contributed by atoms with Crippen LogP contribution in [0, 0.1) is 0 Å². The molecule has 0 spiro atoms. The second kappa shape index (κ2) is 5.41. The SMILES string of the molecule is C=NC(N)=Nc1cccc(CSN)c1. The molecule has 74 valence electrons. The van der Waals surface area contributed by atoms with Gasteiger partial charge in [0.25, 0.3) is 0 Å². The molecule has 4 nitrogen and oxygen atoms in total. The van der Waals surface area contributed by atoms with Crippen LogP contribution >= 0.6 is 11.9 Å². The molecule has 0 atom stereocenters. The molecule has 1 aromatic rings. The summed E-state index contributed by atoms with van der Waals surface area (Å²) in [6, 6.07) is 7.65. The molecule has 0 heterocycles. The van der Waals surface area contributed by atoms with E-state index in [-0.39, 0.29) is 5.96 Å². The summed E-state index contributed by atoms with van der Waals surface area (Å²) in [5, 5.41) is 5.37. The second-order valence-electron chi connectivity index (χ2n) is 2.61. The molecule has 0 aliphatic carbocycles. The first-order valence-corrected chi connectivity index (χ1v) is 5.02. The minimum atomic E-state index is 0.169. The highest BCUT2D eigenvalue weighted by Crippen LogP contribution is 2.16. The predicted molar refractivity (Wildman–Crippen MR) is 62.8 cm³/mol. The topological polar surface area (TPSA) is 76.8 Å². The van der Waals surface area contributed by atoms with Crippen molar-refractivity contribution in [2.45, 2.75) is 5.75 Å². The molecular weight excluding hydrogens is 196 g/mol. The van der Waals surface area contributed by atoms with Crippen molar-refractivity contribution in [2.24, 2.45) is 20.9 Å². The van der Waals surface area contributed by atoms with Gasteiger partial charge in [0.1, 0.15) is 0 Å². The van der Waals surface area contributed by atoms with Crippen LogP contribution < -0.4 is 10.9 Å². The van der Waals surface area contributed by atoms with E-state index >= 15 is 0 Å². The summed E-state index contributed by atoms with van der Waals surface area (Å²) in [5.41, 5.74) is 7.29. The van der Waals surface area contributed by atoms with Crippen LogP contribution in [0.15, 0.2) is 34.3 Å². The molecule has 1 rings (SSSR count). The van der Waals surface area contributed by atoms with Crippen LogP contribution in [-0.4, -0.2) is 12.7 Å². The zero-order valence-electron chi connectivity index (χ0n) is 7.68. The number of guanidine groups is 1. The maximum Gasteiger partial charge on any atom is 0.219 e. The molecule has 4 N–H and O–H groups in total. The van der Waals surface area contributed by atoms with Crippen molar-refractivity contribution < 1.29 is 0 Å². The molecule has 0 aromatic heterocycles. The predicted octanol–water partition coefficient (Wildman–Crippen LogP) is 1.44. The Morgan fingerprint density at radius 3 is 2.93 bits per heavy atom. The monoisotopic (exact) mass is 208 g/mol. The molecule has 0 bridgehead atoms. The number of hydrogen-bond acceptors (Lipinski definition) is 3. The molecule has 1 aromatic carbocycles. The van der Waals surface area contributed by atoms with Crippen LogP contribution in [0.3, 0.4) is 0 Å². The minimum absolute atomic E-state index is 0.169. The molecular formula is C9H12N4S. The third-order valence-electron chi connectivity index (χ3n) is 1.57. The van der Waals surface area contributed by atoms with Gasteiger partial charge in [-0.3, -0.25) is 5.14 Å². The number of rotatable bonds is 3. The van der Waals surface area contributed by atoms with E-state index < -0.39 is 0 Å². The smallest absolute Gasteiger partial charge is 0.219 e. The fourth-order valence-corrected chi connectivity index (χ4v) is 1.35. The van der Waals surface area contributed by atoms with Crippen molar-refractivity contribution in [3.63, 3.8) is 0 Å². The van der Waals surface area contributed by atoms with Gasteiger partial charge in [0, 0.05) is 5.75 Å². The van der Waals surface area contributed by atoms with E-state index in [0.29, 0.717) is 0 Å². The lowest BCUT2D eigenvalue weighted by Gasteiger charge is -1.99. The van der Waals surface area contributed by atoms with Crippen molar-refractivity contribution in [1.29, 1.82) is 0 Å². The van der Waals surface area contributed by atoms with Crippen LogP contribution in [0.5, 0.6) is 0 Å². The highest BCUT2D eigenvalue weighted by Gasteiger charge is 1.94. The van der Waals surface area contributed by atoms with Crippen molar-refractivity contribution in [2.75, 3.05) is 0 Å². The minimum Gasteiger partial charge on any atom is -0.368 e. The Labute approximate surface area is 87.3 Å². The van der Waals surface area contributed by atoms with E-state index in [1.165, 1.54) is 11.9 Å². The van der Waals surface area contributed by atoms with E-state index in [1.807, 2.05) is 24.3 Å². The quantitative estimate of drug-likeness (QED) is 0.448. The standard InChI is InChI=1S/C9H12N4S/c1-12-9(10)13-8-4-2-3-7(5-8)6-14-11/h2-5H,1,6,11H2,(H2,10,13). The Balaban J connectivity index is 2.88. The fourth-order valence-electron chi connectivity index (χ4n) is 0.980. The number of aliphatic imine (C=N–C) groups is 2. The van der Waals surface area contributed by atoms with Gasteiger partial charge in [-0.25, -0.2) is 9.98 Å². The van der Waals surface area contributed by atoms with Gasteiger partial charge in [-0.05, 0) is 24.4 Å². The molecule has 5 heteroatoms. The summed E-state index contributed by atoms with van der Waals surface area (Å²) in [4.78, 5) is 7.54. The van der Waals surface area contributed by atoms with Crippen LogP contribution in [-0.2, 0) is 5.75 Å².